The number of rotatable bonds is 1. The van der Waals surface area contributed by atoms with Crippen molar-refractivity contribution in [1.82, 2.24) is 30.6 Å². The molecule has 10 nitrogen and oxygen atoms in total. The Balaban J connectivity index is 1.29. The molecule has 2 fully saturated rings. The fourth-order valence-electron chi connectivity index (χ4n) is 6.25. The van der Waals surface area contributed by atoms with Crippen LogP contribution in [0.5, 0.6) is 0 Å². The Morgan fingerprint density at radius 3 is 2.67 bits per heavy atom. The molecule has 0 unspecified atom stereocenters. The molecule has 0 bridgehead atoms. The summed E-state index contributed by atoms with van der Waals surface area (Å²) in [4.78, 5) is 54.6. The lowest BCUT2D eigenvalue weighted by Gasteiger charge is -2.41. The lowest BCUT2D eigenvalue weighted by Crippen LogP contribution is -2.55. The lowest BCUT2D eigenvalue weighted by molar-refractivity contribution is -0.140. The first kappa shape index (κ1) is 24.5. The summed E-state index contributed by atoms with van der Waals surface area (Å²) in [5.41, 5.74) is 2.08. The number of H-pyrrole nitrogens is 1. The predicted octanol–water partition coefficient (Wildman–Crippen LogP) is 0.940. The highest BCUT2D eigenvalue weighted by atomic mass is 16.2. The van der Waals surface area contributed by atoms with Crippen LogP contribution in [0.2, 0.25) is 0 Å². The number of amides is 4. The van der Waals surface area contributed by atoms with Gasteiger partial charge in [-0.25, -0.2) is 0 Å². The van der Waals surface area contributed by atoms with Crippen molar-refractivity contribution in [3.63, 3.8) is 0 Å². The van der Waals surface area contributed by atoms with Crippen LogP contribution in [-0.2, 0) is 27.2 Å². The molecule has 4 aliphatic rings. The van der Waals surface area contributed by atoms with E-state index in [-0.39, 0.29) is 42.1 Å². The SMILES string of the molecule is CC(=O)N1CCC2(C/C=C/C[C@H]3CN(C(=O)c4n[nH]c5c4CCC5)CC[C@H]3NC(=O)CNC2=O)CC1. The van der Waals surface area contributed by atoms with E-state index < -0.39 is 5.41 Å². The van der Waals surface area contributed by atoms with Gasteiger partial charge in [0, 0.05) is 56.3 Å². The van der Waals surface area contributed by atoms with E-state index in [1.165, 1.54) is 0 Å². The van der Waals surface area contributed by atoms with E-state index in [2.05, 4.69) is 33.0 Å². The highest BCUT2D eigenvalue weighted by Crippen LogP contribution is 2.36. The van der Waals surface area contributed by atoms with Gasteiger partial charge in [-0.05, 0) is 51.4 Å². The molecule has 3 aliphatic heterocycles. The molecular formula is C26H36N6O4. The van der Waals surface area contributed by atoms with Crippen molar-refractivity contribution in [3.8, 4) is 0 Å². The summed E-state index contributed by atoms with van der Waals surface area (Å²) in [6, 6.07) is -0.0554. The highest BCUT2D eigenvalue weighted by molar-refractivity contribution is 5.94. The minimum absolute atomic E-state index is 0.0237. The van der Waals surface area contributed by atoms with Crippen LogP contribution in [-0.4, -0.2) is 82.4 Å². The Labute approximate surface area is 211 Å². The summed E-state index contributed by atoms with van der Waals surface area (Å²) in [6.07, 6.45) is 10.2. The van der Waals surface area contributed by atoms with E-state index in [9.17, 15) is 19.2 Å². The molecule has 0 saturated carbocycles. The third-order valence-electron chi connectivity index (χ3n) is 8.55. The minimum atomic E-state index is -0.615. The Bertz CT molecular complexity index is 1070. The van der Waals surface area contributed by atoms with E-state index in [1.54, 1.807) is 11.8 Å². The molecule has 2 saturated heterocycles. The molecule has 1 aromatic rings. The molecule has 1 aliphatic carbocycles. The number of hydrogen-bond acceptors (Lipinski definition) is 5. The number of hydrogen-bond donors (Lipinski definition) is 3. The lowest BCUT2D eigenvalue weighted by atomic mass is 9.74. The number of carbonyl (C=O) groups excluding carboxylic acids is 4. The predicted molar refractivity (Wildman–Crippen MR) is 132 cm³/mol. The zero-order chi connectivity index (χ0) is 25.3. The average molecular weight is 497 g/mol. The molecule has 1 spiro atoms. The second-order valence-electron chi connectivity index (χ2n) is 10.7. The quantitative estimate of drug-likeness (QED) is 0.499. The zero-order valence-corrected chi connectivity index (χ0v) is 21.0. The highest BCUT2D eigenvalue weighted by Gasteiger charge is 2.41. The van der Waals surface area contributed by atoms with Gasteiger partial charge in [0.1, 0.15) is 0 Å². The van der Waals surface area contributed by atoms with E-state index in [1.807, 2.05) is 4.90 Å². The van der Waals surface area contributed by atoms with E-state index in [0.29, 0.717) is 64.0 Å². The van der Waals surface area contributed by atoms with Crippen LogP contribution < -0.4 is 10.6 Å². The number of nitrogens with zero attached hydrogens (tertiary/aromatic N) is 3. The van der Waals surface area contributed by atoms with Crippen LogP contribution in [0.15, 0.2) is 12.2 Å². The van der Waals surface area contributed by atoms with Crippen molar-refractivity contribution in [2.24, 2.45) is 11.3 Å². The van der Waals surface area contributed by atoms with Gasteiger partial charge in [-0.3, -0.25) is 24.3 Å². The van der Waals surface area contributed by atoms with Gasteiger partial charge in [0.25, 0.3) is 5.91 Å². The first-order chi connectivity index (χ1) is 17.4. The van der Waals surface area contributed by atoms with Crippen LogP contribution >= 0.6 is 0 Å². The van der Waals surface area contributed by atoms with E-state index in [4.69, 9.17) is 0 Å². The number of fused-ring (bicyclic) bond motifs is 2. The van der Waals surface area contributed by atoms with Crippen LogP contribution in [0.25, 0.3) is 0 Å². The molecule has 3 N–H and O–H groups in total. The van der Waals surface area contributed by atoms with Gasteiger partial charge < -0.3 is 20.4 Å². The van der Waals surface area contributed by atoms with Crippen LogP contribution in [0, 0.1) is 11.3 Å². The Hall–Kier alpha value is -3.17. The van der Waals surface area contributed by atoms with Crippen LogP contribution in [0.1, 0.15) is 67.2 Å². The third kappa shape index (κ3) is 4.77. The second-order valence-corrected chi connectivity index (χ2v) is 10.7. The van der Waals surface area contributed by atoms with Crippen molar-refractivity contribution < 1.29 is 19.2 Å². The molecule has 5 rings (SSSR count). The molecule has 36 heavy (non-hydrogen) atoms. The summed E-state index contributed by atoms with van der Waals surface area (Å²) in [5, 5.41) is 13.3. The largest absolute Gasteiger partial charge is 0.351 e. The molecule has 4 amide bonds. The van der Waals surface area contributed by atoms with Gasteiger partial charge in [0.15, 0.2) is 5.69 Å². The summed E-state index contributed by atoms with van der Waals surface area (Å²) < 4.78 is 0. The maximum Gasteiger partial charge on any atom is 0.274 e. The van der Waals surface area contributed by atoms with Gasteiger partial charge >= 0.3 is 0 Å². The van der Waals surface area contributed by atoms with E-state index in [0.717, 1.165) is 30.5 Å². The van der Waals surface area contributed by atoms with Crippen LogP contribution in [0.4, 0.5) is 0 Å². The minimum Gasteiger partial charge on any atom is -0.351 e. The maximum absolute atomic E-state index is 13.3. The summed E-state index contributed by atoms with van der Waals surface area (Å²) >= 11 is 0. The van der Waals surface area contributed by atoms with Gasteiger partial charge in [-0.1, -0.05) is 12.2 Å². The Morgan fingerprint density at radius 2 is 1.89 bits per heavy atom. The second kappa shape index (κ2) is 10.1. The number of carbonyl (C=O) groups is 4. The fourth-order valence-corrected chi connectivity index (χ4v) is 6.25. The summed E-state index contributed by atoms with van der Waals surface area (Å²) in [7, 11) is 0. The molecular weight excluding hydrogens is 460 g/mol. The zero-order valence-electron chi connectivity index (χ0n) is 21.0. The van der Waals surface area contributed by atoms with Gasteiger partial charge in [0.2, 0.25) is 17.7 Å². The monoisotopic (exact) mass is 496 g/mol. The van der Waals surface area contributed by atoms with Crippen molar-refractivity contribution in [2.45, 2.75) is 64.3 Å². The standard InChI is InChI=1S/C26H36N6O4/c1-17(33)31-13-10-26(11-14-31)9-3-2-5-18-16-32(12-8-20(18)28-22(34)15-27-25(26)36)24(35)23-19-6-4-7-21(19)29-30-23/h2-3,18,20H,4-16H2,1H3,(H,27,36)(H,28,34)(H,29,30)/b3-2+/t18-,20+/m0/s1. The van der Waals surface area contributed by atoms with Gasteiger partial charge in [-0.2, -0.15) is 5.10 Å². The van der Waals surface area contributed by atoms with Crippen LogP contribution in [0.3, 0.4) is 0 Å². The summed E-state index contributed by atoms with van der Waals surface area (Å²) in [5.74, 6) is -0.243. The van der Waals surface area contributed by atoms with E-state index >= 15 is 0 Å². The number of allylic oxidation sites excluding steroid dienone is 2. The maximum atomic E-state index is 13.3. The summed E-state index contributed by atoms with van der Waals surface area (Å²) in [6.45, 7) is 3.70. The van der Waals surface area contributed by atoms with Gasteiger partial charge in [0.05, 0.1) is 12.0 Å². The Kier molecular flexibility index (Phi) is 6.85. The number of aryl methyl sites for hydroxylation is 1. The normalized spacial score (nSPS) is 27.2. The number of likely N-dealkylation sites (tertiary alicyclic amines) is 2. The van der Waals surface area contributed by atoms with Gasteiger partial charge in [-0.15, -0.1) is 0 Å². The number of nitrogens with one attached hydrogen (secondary N) is 3. The van der Waals surface area contributed by atoms with Crippen molar-refractivity contribution in [1.29, 1.82) is 0 Å². The first-order valence-electron chi connectivity index (χ1n) is 13.2. The van der Waals surface area contributed by atoms with Crippen molar-refractivity contribution in [3.05, 3.63) is 29.1 Å². The molecule has 0 radical (unpaired) electrons. The molecule has 194 valence electrons. The number of piperidine rings is 2. The fraction of sp³-hybridized carbons (Fsp3) is 0.654. The van der Waals surface area contributed by atoms with Crippen molar-refractivity contribution in [2.75, 3.05) is 32.7 Å². The smallest absolute Gasteiger partial charge is 0.274 e. The topological polar surface area (TPSA) is 128 Å². The number of aromatic nitrogens is 2. The molecule has 10 heteroatoms. The third-order valence-corrected chi connectivity index (χ3v) is 8.55. The Morgan fingerprint density at radius 1 is 1.08 bits per heavy atom. The molecule has 1 aromatic heterocycles. The molecule has 4 heterocycles. The number of aromatic amines is 1. The molecule has 2 atom stereocenters. The first-order valence-corrected chi connectivity index (χ1v) is 13.2. The average Bonchev–Trinajstić information content (AvgIpc) is 3.49. The molecule has 0 aromatic carbocycles. The van der Waals surface area contributed by atoms with Crippen molar-refractivity contribution >= 4 is 23.6 Å².